The fourth-order valence-electron chi connectivity index (χ4n) is 7.57. The van der Waals surface area contributed by atoms with Gasteiger partial charge in [-0.25, -0.2) is 0 Å². The fourth-order valence-corrected chi connectivity index (χ4v) is 7.57. The van der Waals surface area contributed by atoms with E-state index >= 15 is 0 Å². The smallest absolute Gasteiger partial charge is 0.245 e. The molecule has 444 valence electrons. The zero-order valence-corrected chi connectivity index (χ0v) is 46.7. The van der Waals surface area contributed by atoms with Gasteiger partial charge < -0.3 is 94.1 Å². The third-order valence-corrected chi connectivity index (χ3v) is 12.2. The lowest BCUT2D eigenvalue weighted by Gasteiger charge is -2.43. The second-order valence-electron chi connectivity index (χ2n) is 20.5. The number of aliphatic hydroxyl groups is 4. The van der Waals surface area contributed by atoms with Gasteiger partial charge in [-0.2, -0.15) is 0 Å². The second-order valence-corrected chi connectivity index (χ2v) is 20.5. The Hall–Kier alpha value is -6.60. The van der Waals surface area contributed by atoms with Gasteiger partial charge in [-0.15, -0.1) is 0 Å². The van der Waals surface area contributed by atoms with Crippen LogP contribution in [0.25, 0.3) is 0 Å². The number of hydrogen-bond acceptors (Lipinski definition) is 18. The minimum atomic E-state index is -1.84. The lowest BCUT2D eigenvalue weighted by Crippen LogP contribution is -2.66. The molecule has 0 radical (unpaired) electrons. The summed E-state index contributed by atoms with van der Waals surface area (Å²) in [6.45, 7) is 17.8. The van der Waals surface area contributed by atoms with Gasteiger partial charge in [0.2, 0.25) is 70.9 Å². The molecule has 1 fully saturated rings. The Kier molecular flexibility index (Phi) is 28.8. The molecular formula is C48H84N12O18. The molecule has 0 spiro atoms. The Bertz CT molecular complexity index is 2130. The number of hydrogen-bond donors (Lipinski definition) is 16. The van der Waals surface area contributed by atoms with E-state index in [2.05, 4.69) is 58.5 Å². The lowest BCUT2D eigenvalue weighted by atomic mass is 9.96. The summed E-state index contributed by atoms with van der Waals surface area (Å²) in [7, 11) is 0. The Morgan fingerprint density at radius 2 is 0.885 bits per heavy atom. The van der Waals surface area contributed by atoms with Crippen LogP contribution in [-0.4, -0.2) is 202 Å². The van der Waals surface area contributed by atoms with Crippen LogP contribution in [0.15, 0.2) is 0 Å². The normalized spacial score (nSPS) is 21.1. The first kappa shape index (κ1) is 69.4. The highest BCUT2D eigenvalue weighted by atomic mass is 16.7. The summed E-state index contributed by atoms with van der Waals surface area (Å²) in [4.78, 5) is 156. The Morgan fingerprint density at radius 1 is 0.487 bits per heavy atom. The monoisotopic (exact) mass is 1120 g/mol. The minimum absolute atomic E-state index is 0.391. The molecule has 1 saturated heterocycles. The summed E-state index contributed by atoms with van der Waals surface area (Å²) in [6.07, 6.45) is -9.79. The average molecular weight is 1120 g/mol. The quantitative estimate of drug-likeness (QED) is 0.0318. The first-order valence-corrected chi connectivity index (χ1v) is 25.5. The number of nitrogens with two attached hydrogens (primary N) is 1. The zero-order valence-electron chi connectivity index (χ0n) is 46.7. The molecule has 0 bridgehead atoms. The maximum absolute atomic E-state index is 14.3. The molecule has 17 N–H and O–H groups in total. The lowest BCUT2D eigenvalue weighted by molar-refractivity contribution is -0.281. The van der Waals surface area contributed by atoms with Crippen LogP contribution in [-0.2, 0) is 67.0 Å². The maximum atomic E-state index is 14.3. The fraction of sp³-hybridized carbons (Fsp3) is 0.750. The molecule has 1 rings (SSSR count). The average Bonchev–Trinajstić information content (AvgIpc) is 3.33. The predicted octanol–water partition coefficient (Wildman–Crippen LogP) is -7.00. The van der Waals surface area contributed by atoms with Gasteiger partial charge in [-0.05, 0) is 51.4 Å². The molecule has 1 aliphatic rings. The number of aliphatic hydroxyl groups excluding tert-OH is 4. The van der Waals surface area contributed by atoms with E-state index in [1.54, 1.807) is 41.5 Å². The molecule has 0 unspecified atom stereocenters. The van der Waals surface area contributed by atoms with Gasteiger partial charge in [0.25, 0.3) is 0 Å². The van der Waals surface area contributed by atoms with E-state index in [1.165, 1.54) is 48.5 Å². The number of primary amides is 1. The molecule has 30 heteroatoms. The van der Waals surface area contributed by atoms with E-state index in [-0.39, 0.29) is 0 Å². The van der Waals surface area contributed by atoms with Crippen LogP contribution in [0.5, 0.6) is 0 Å². The number of carbonyl (C=O) groups is 12. The van der Waals surface area contributed by atoms with E-state index in [0.717, 1.165) is 6.92 Å². The standard InChI is InChI=1S/C48H84N12O18/c1-18(2)31(40(49)69)56-42(71)23(10)53-47(76)35(24(11)62)59-44(73)32(19(3)4)55-30(66)16-51-43(72)36(25(12)77-48-37(54-27(14)64)39(68)38(67)28(17-61)78-48)60-46(75)34(21(7)8)58-45(74)33(20(5)6)57-41(70)22(9)52-29(65)15-50-26(13)63/h18-25,28,31-39,48,61-62,67-68H,15-17H2,1-14H3,(H2,49,69)(H,50,63)(H,51,72)(H,52,65)(H,53,76)(H,54,64)(H,55,66)(H,56,71)(H,57,70)(H,58,74)(H,59,73)(H,60,75)/t22-,23-,24+,25+,28+,31-,32-,33-,34-,35-,36-,37-,38+,39+,48+/m0/s1. The number of amides is 12. The van der Waals surface area contributed by atoms with Crippen molar-refractivity contribution in [3.8, 4) is 0 Å². The summed E-state index contributed by atoms with van der Waals surface area (Å²) in [5.41, 5.74) is 5.38. The van der Waals surface area contributed by atoms with Crippen molar-refractivity contribution in [2.75, 3.05) is 19.7 Å². The van der Waals surface area contributed by atoms with Crippen molar-refractivity contribution in [1.82, 2.24) is 58.5 Å². The highest BCUT2D eigenvalue weighted by molar-refractivity contribution is 5.98. The van der Waals surface area contributed by atoms with Gasteiger partial charge >= 0.3 is 0 Å². The molecule has 0 aromatic rings. The third-order valence-electron chi connectivity index (χ3n) is 12.2. The summed E-state index contributed by atoms with van der Waals surface area (Å²) < 4.78 is 11.7. The Labute approximate surface area is 453 Å². The number of carbonyl (C=O) groups excluding carboxylic acids is 12. The first-order valence-electron chi connectivity index (χ1n) is 25.5. The van der Waals surface area contributed by atoms with E-state index in [1.807, 2.05) is 0 Å². The van der Waals surface area contributed by atoms with Gasteiger partial charge in [-0.3, -0.25) is 57.5 Å². The van der Waals surface area contributed by atoms with Crippen molar-refractivity contribution in [1.29, 1.82) is 0 Å². The second kappa shape index (κ2) is 32.3. The molecule has 0 aromatic carbocycles. The van der Waals surface area contributed by atoms with Crippen molar-refractivity contribution in [2.45, 2.75) is 188 Å². The number of nitrogens with one attached hydrogen (secondary N) is 11. The molecule has 30 nitrogen and oxygen atoms in total. The molecule has 1 aliphatic heterocycles. The molecular weight excluding hydrogens is 1030 g/mol. The minimum Gasteiger partial charge on any atom is -0.394 e. The highest BCUT2D eigenvalue weighted by Gasteiger charge is 2.47. The van der Waals surface area contributed by atoms with Gasteiger partial charge in [0.15, 0.2) is 6.29 Å². The zero-order chi connectivity index (χ0) is 60.2. The van der Waals surface area contributed by atoms with E-state index < -0.39 is 205 Å². The third kappa shape index (κ3) is 22.0. The van der Waals surface area contributed by atoms with Crippen LogP contribution in [0.3, 0.4) is 0 Å². The van der Waals surface area contributed by atoms with Crippen molar-refractivity contribution in [2.24, 2.45) is 29.4 Å². The molecule has 0 aliphatic carbocycles. The van der Waals surface area contributed by atoms with Crippen molar-refractivity contribution in [3.05, 3.63) is 0 Å². The maximum Gasteiger partial charge on any atom is 0.245 e. The summed E-state index contributed by atoms with van der Waals surface area (Å²) in [6, 6.07) is -12.7. The summed E-state index contributed by atoms with van der Waals surface area (Å²) in [5, 5.41) is 68.4. The SMILES string of the molecule is CC(=O)NCC(=O)N[C@@H](C)C(=O)N[C@H](C(=O)N[C@H](C(=O)N[C@H](C(=O)NCC(=O)N[C@H](C(=O)N[C@H](C(=O)N[C@@H](C)C(=O)N[C@H](C(N)=O)C(C)C)[C@@H](C)O)C(C)C)[C@@H](C)O[C@@H]1O[C@H](CO)[C@@H](O)[C@H](O)[C@@H]1NC(C)=O)C(C)C)C(C)C. The van der Waals surface area contributed by atoms with Crippen molar-refractivity contribution in [3.63, 3.8) is 0 Å². The van der Waals surface area contributed by atoms with E-state index in [0.29, 0.717) is 0 Å². The largest absolute Gasteiger partial charge is 0.394 e. The van der Waals surface area contributed by atoms with Crippen LogP contribution >= 0.6 is 0 Å². The molecule has 12 amide bonds. The van der Waals surface area contributed by atoms with Crippen molar-refractivity contribution >= 4 is 70.9 Å². The topological polar surface area (TPSA) is 463 Å². The first-order chi connectivity index (χ1) is 36.1. The molecule has 0 saturated carbocycles. The Balaban J connectivity index is 3.50. The summed E-state index contributed by atoms with van der Waals surface area (Å²) >= 11 is 0. The number of rotatable bonds is 30. The van der Waals surface area contributed by atoms with Gasteiger partial charge in [0.1, 0.15) is 72.7 Å². The number of ether oxygens (including phenoxy) is 2. The predicted molar refractivity (Wildman–Crippen MR) is 275 cm³/mol. The van der Waals surface area contributed by atoms with Gasteiger partial charge in [0.05, 0.1) is 31.9 Å². The molecule has 15 atom stereocenters. The van der Waals surface area contributed by atoms with Crippen LogP contribution in [0, 0.1) is 23.7 Å². The van der Waals surface area contributed by atoms with Gasteiger partial charge in [0, 0.05) is 13.8 Å². The summed E-state index contributed by atoms with van der Waals surface area (Å²) in [5.74, 6) is -12.7. The molecule has 78 heavy (non-hydrogen) atoms. The molecule has 0 aromatic heterocycles. The van der Waals surface area contributed by atoms with Crippen LogP contribution in [0.2, 0.25) is 0 Å². The van der Waals surface area contributed by atoms with Crippen LogP contribution < -0.4 is 64.2 Å². The Morgan fingerprint density at radius 3 is 1.32 bits per heavy atom. The van der Waals surface area contributed by atoms with Crippen LogP contribution in [0.1, 0.15) is 96.9 Å². The van der Waals surface area contributed by atoms with E-state index in [9.17, 15) is 78.0 Å². The highest BCUT2D eigenvalue weighted by Crippen LogP contribution is 2.24. The molecule has 1 heterocycles. The van der Waals surface area contributed by atoms with Crippen LogP contribution in [0.4, 0.5) is 0 Å². The van der Waals surface area contributed by atoms with Gasteiger partial charge in [-0.1, -0.05) is 55.4 Å². The van der Waals surface area contributed by atoms with E-state index in [4.69, 9.17) is 15.2 Å². The van der Waals surface area contributed by atoms with Crippen molar-refractivity contribution < 1.29 is 87.4 Å².